The monoisotopic (exact) mass is 385 g/mol. The second-order valence-electron chi connectivity index (χ2n) is 5.95. The number of amides is 1. The van der Waals surface area contributed by atoms with E-state index < -0.39 is 11.7 Å². The Balaban J connectivity index is 0.00000243. The van der Waals surface area contributed by atoms with Crippen molar-refractivity contribution in [2.24, 2.45) is 0 Å². The number of benzene rings is 2. The molecule has 0 aliphatic carbocycles. The summed E-state index contributed by atoms with van der Waals surface area (Å²) in [6, 6.07) is 11.9. The number of hydrogen-bond donors (Lipinski definition) is 1. The van der Waals surface area contributed by atoms with Gasteiger partial charge in [-0.25, -0.2) is 0 Å². The summed E-state index contributed by atoms with van der Waals surface area (Å²) in [7, 11) is 0. The van der Waals surface area contributed by atoms with E-state index in [2.05, 4.69) is 0 Å². The molecule has 140 valence electrons. The van der Waals surface area contributed by atoms with Crippen LogP contribution in [-0.2, 0) is 6.18 Å². The average molecular weight is 386 g/mol. The number of piperazine rings is 1. The molecule has 1 saturated heterocycles. The lowest BCUT2D eigenvalue weighted by molar-refractivity contribution is -0.137. The lowest BCUT2D eigenvalue weighted by Gasteiger charge is -2.36. The van der Waals surface area contributed by atoms with Gasteiger partial charge in [-0.2, -0.15) is 13.2 Å². The molecule has 2 aromatic carbocycles. The van der Waals surface area contributed by atoms with Crippen molar-refractivity contribution in [2.75, 3.05) is 36.8 Å². The summed E-state index contributed by atoms with van der Waals surface area (Å²) >= 11 is 0. The molecule has 0 atom stereocenters. The van der Waals surface area contributed by atoms with Crippen molar-refractivity contribution < 1.29 is 18.0 Å². The Kier molecular flexibility index (Phi) is 6.02. The zero-order chi connectivity index (χ0) is 18.0. The molecular formula is C18H19ClF3N3O. The number of halogens is 4. The highest BCUT2D eigenvalue weighted by molar-refractivity contribution is 5.94. The summed E-state index contributed by atoms with van der Waals surface area (Å²) < 4.78 is 37.9. The van der Waals surface area contributed by atoms with E-state index in [-0.39, 0.29) is 18.3 Å². The third kappa shape index (κ3) is 4.40. The molecule has 1 aliphatic heterocycles. The first-order chi connectivity index (χ1) is 11.8. The summed E-state index contributed by atoms with van der Waals surface area (Å²) in [6.45, 7) is 2.19. The van der Waals surface area contributed by atoms with E-state index in [1.807, 2.05) is 4.90 Å². The van der Waals surface area contributed by atoms with Crippen molar-refractivity contribution in [3.05, 3.63) is 59.7 Å². The topological polar surface area (TPSA) is 49.6 Å². The number of nitrogens with two attached hydrogens (primary N) is 1. The largest absolute Gasteiger partial charge is 0.416 e. The first kappa shape index (κ1) is 19.9. The first-order valence-corrected chi connectivity index (χ1v) is 7.91. The fourth-order valence-electron chi connectivity index (χ4n) is 2.84. The molecule has 1 aliphatic rings. The number of hydrogen-bond acceptors (Lipinski definition) is 3. The molecule has 3 rings (SSSR count). The molecule has 2 N–H and O–H groups in total. The van der Waals surface area contributed by atoms with Gasteiger partial charge in [-0.1, -0.05) is 0 Å². The van der Waals surface area contributed by atoms with E-state index in [0.717, 1.165) is 17.8 Å². The SMILES string of the molecule is Cl.Nc1ccc(C(=O)N2CCN(c3ccc(C(F)(F)F)cc3)CC2)cc1. The third-order valence-electron chi connectivity index (χ3n) is 4.28. The number of anilines is 2. The first-order valence-electron chi connectivity index (χ1n) is 7.91. The van der Waals surface area contributed by atoms with Crippen LogP contribution < -0.4 is 10.6 Å². The average Bonchev–Trinajstić information content (AvgIpc) is 2.61. The summed E-state index contributed by atoms with van der Waals surface area (Å²) in [4.78, 5) is 16.2. The van der Waals surface area contributed by atoms with Crippen LogP contribution in [0.25, 0.3) is 0 Å². The molecule has 1 heterocycles. The molecular weight excluding hydrogens is 367 g/mol. The Labute approximate surface area is 155 Å². The van der Waals surface area contributed by atoms with Crippen molar-refractivity contribution >= 4 is 29.7 Å². The summed E-state index contributed by atoms with van der Waals surface area (Å²) in [6.07, 6.45) is -4.33. The van der Waals surface area contributed by atoms with Crippen LogP contribution in [0, 0.1) is 0 Å². The minimum atomic E-state index is -4.33. The lowest BCUT2D eigenvalue weighted by Crippen LogP contribution is -2.48. The number of carbonyl (C=O) groups is 1. The van der Waals surface area contributed by atoms with Crippen LogP contribution in [0.1, 0.15) is 15.9 Å². The maximum atomic E-state index is 12.6. The van der Waals surface area contributed by atoms with Gasteiger partial charge in [0.15, 0.2) is 0 Å². The zero-order valence-corrected chi connectivity index (χ0v) is 14.7. The van der Waals surface area contributed by atoms with Gasteiger partial charge >= 0.3 is 6.18 Å². The second-order valence-corrected chi connectivity index (χ2v) is 5.95. The van der Waals surface area contributed by atoms with Gasteiger partial charge < -0.3 is 15.5 Å². The van der Waals surface area contributed by atoms with Crippen LogP contribution in [0.4, 0.5) is 24.5 Å². The van der Waals surface area contributed by atoms with Crippen LogP contribution in [0.3, 0.4) is 0 Å². The molecule has 0 aromatic heterocycles. The molecule has 0 saturated carbocycles. The van der Waals surface area contributed by atoms with Gasteiger partial charge in [0.1, 0.15) is 0 Å². The third-order valence-corrected chi connectivity index (χ3v) is 4.28. The Hall–Kier alpha value is -2.41. The summed E-state index contributed by atoms with van der Waals surface area (Å²) in [5.41, 5.74) is 6.88. The molecule has 26 heavy (non-hydrogen) atoms. The van der Waals surface area contributed by atoms with E-state index >= 15 is 0 Å². The molecule has 0 radical (unpaired) electrons. The van der Waals surface area contributed by atoms with Gasteiger partial charge in [0, 0.05) is 43.1 Å². The fourth-order valence-corrected chi connectivity index (χ4v) is 2.84. The van der Waals surface area contributed by atoms with E-state index in [1.165, 1.54) is 12.1 Å². The number of nitrogens with zero attached hydrogens (tertiary/aromatic N) is 2. The van der Waals surface area contributed by atoms with Gasteiger partial charge in [0.2, 0.25) is 0 Å². The van der Waals surface area contributed by atoms with Gasteiger partial charge in [0.25, 0.3) is 5.91 Å². The quantitative estimate of drug-likeness (QED) is 0.802. The molecule has 2 aromatic rings. The molecule has 0 spiro atoms. The van der Waals surface area contributed by atoms with Crippen molar-refractivity contribution in [3.8, 4) is 0 Å². The fraction of sp³-hybridized carbons (Fsp3) is 0.278. The van der Waals surface area contributed by atoms with E-state index in [9.17, 15) is 18.0 Å². The van der Waals surface area contributed by atoms with E-state index in [0.29, 0.717) is 37.4 Å². The molecule has 0 unspecified atom stereocenters. The maximum absolute atomic E-state index is 12.6. The van der Waals surface area contributed by atoms with Crippen molar-refractivity contribution in [2.45, 2.75) is 6.18 Å². The zero-order valence-electron chi connectivity index (χ0n) is 13.9. The summed E-state index contributed by atoms with van der Waals surface area (Å²) in [5.74, 6) is -0.0629. The Bertz CT molecular complexity index is 740. The predicted octanol–water partition coefficient (Wildman–Crippen LogP) is 3.67. The maximum Gasteiger partial charge on any atom is 0.416 e. The van der Waals surface area contributed by atoms with Gasteiger partial charge in [-0.15, -0.1) is 12.4 Å². The molecule has 1 fully saturated rings. The summed E-state index contributed by atoms with van der Waals surface area (Å²) in [5, 5.41) is 0. The molecule has 0 bridgehead atoms. The molecule has 1 amide bonds. The Morgan fingerprint density at radius 2 is 1.42 bits per heavy atom. The number of alkyl halides is 3. The van der Waals surface area contributed by atoms with Gasteiger partial charge in [-0.05, 0) is 48.5 Å². The smallest absolute Gasteiger partial charge is 0.399 e. The Morgan fingerprint density at radius 3 is 1.92 bits per heavy atom. The van der Waals surface area contributed by atoms with Crippen LogP contribution in [0.5, 0.6) is 0 Å². The molecule has 8 heteroatoms. The van der Waals surface area contributed by atoms with Crippen LogP contribution in [-0.4, -0.2) is 37.0 Å². The number of rotatable bonds is 2. The Morgan fingerprint density at radius 1 is 0.885 bits per heavy atom. The van der Waals surface area contributed by atoms with Gasteiger partial charge in [0.05, 0.1) is 5.56 Å². The van der Waals surface area contributed by atoms with Crippen LogP contribution >= 0.6 is 12.4 Å². The second kappa shape index (κ2) is 7.86. The van der Waals surface area contributed by atoms with Crippen LogP contribution in [0.2, 0.25) is 0 Å². The minimum absolute atomic E-state index is 0. The van der Waals surface area contributed by atoms with Crippen molar-refractivity contribution in [1.29, 1.82) is 0 Å². The van der Waals surface area contributed by atoms with E-state index in [4.69, 9.17) is 5.73 Å². The minimum Gasteiger partial charge on any atom is -0.399 e. The van der Waals surface area contributed by atoms with Gasteiger partial charge in [-0.3, -0.25) is 4.79 Å². The lowest BCUT2D eigenvalue weighted by atomic mass is 10.1. The van der Waals surface area contributed by atoms with Crippen molar-refractivity contribution in [1.82, 2.24) is 4.90 Å². The standard InChI is InChI=1S/C18H18F3N3O.ClH/c19-18(20,21)14-3-7-16(8-4-14)23-9-11-24(12-10-23)17(25)13-1-5-15(22)6-2-13;/h1-8H,9-12,22H2;1H. The highest BCUT2D eigenvalue weighted by Crippen LogP contribution is 2.30. The van der Waals surface area contributed by atoms with Crippen molar-refractivity contribution in [3.63, 3.8) is 0 Å². The normalized spacial score (nSPS) is 14.7. The predicted molar refractivity (Wildman–Crippen MR) is 97.7 cm³/mol. The molecule has 4 nitrogen and oxygen atoms in total. The highest BCUT2D eigenvalue weighted by Gasteiger charge is 2.30. The van der Waals surface area contributed by atoms with Crippen LogP contribution in [0.15, 0.2) is 48.5 Å². The van der Waals surface area contributed by atoms with E-state index in [1.54, 1.807) is 29.2 Å². The number of carbonyl (C=O) groups excluding carboxylic acids is 1. The number of nitrogen functional groups attached to an aromatic ring is 1. The highest BCUT2D eigenvalue weighted by atomic mass is 35.5.